The Bertz CT molecular complexity index is 827. The Kier molecular flexibility index (Phi) is 8.81. The summed E-state index contributed by atoms with van der Waals surface area (Å²) < 4.78 is 0. The Morgan fingerprint density at radius 1 is 0.606 bits per heavy atom. The zero-order chi connectivity index (χ0) is 24.1. The van der Waals surface area contributed by atoms with Gasteiger partial charge >= 0.3 is 0 Å². The minimum atomic E-state index is -0.144. The van der Waals surface area contributed by atoms with E-state index in [2.05, 4.69) is 95.3 Å². The topological polar surface area (TPSA) is 40.5 Å². The molecule has 0 saturated heterocycles. The number of aliphatic hydroxyl groups is 2. The van der Waals surface area contributed by atoms with Gasteiger partial charge in [-0.1, -0.05) is 115 Å². The number of benzene rings is 2. The maximum absolute atomic E-state index is 10.3. The quantitative estimate of drug-likeness (QED) is 0.514. The second kappa shape index (κ2) is 11.2. The molecule has 0 unspecified atom stereocenters. The molecule has 2 aliphatic rings. The summed E-state index contributed by atoms with van der Waals surface area (Å²) in [6.07, 6.45) is 7.66. The summed E-state index contributed by atoms with van der Waals surface area (Å²) in [6, 6.07) is 21.2. The molecule has 0 heterocycles. The van der Waals surface area contributed by atoms with E-state index >= 15 is 0 Å². The molecule has 0 amide bonds. The van der Waals surface area contributed by atoms with E-state index in [-0.39, 0.29) is 23.0 Å². The van der Waals surface area contributed by atoms with Crippen molar-refractivity contribution in [1.29, 1.82) is 0 Å². The van der Waals surface area contributed by atoms with Crippen molar-refractivity contribution in [3.05, 3.63) is 71.8 Å². The normalized spacial score (nSPS) is 28.5. The van der Waals surface area contributed by atoms with Crippen molar-refractivity contribution in [3.63, 3.8) is 0 Å². The van der Waals surface area contributed by atoms with E-state index in [0.29, 0.717) is 17.8 Å². The number of rotatable bonds is 4. The molecule has 2 aliphatic carbocycles. The van der Waals surface area contributed by atoms with Gasteiger partial charge in [-0.05, 0) is 65.4 Å². The smallest absolute Gasteiger partial charge is 0.0579 e. The Balaban J connectivity index is 0.000000186. The average molecular weight is 451 g/mol. The molecule has 5 atom stereocenters. The maximum atomic E-state index is 10.3. The van der Waals surface area contributed by atoms with Crippen LogP contribution in [0.15, 0.2) is 60.7 Å². The fourth-order valence-corrected chi connectivity index (χ4v) is 6.31. The SMILES string of the molecule is CC(C)(c1ccccc1)[C@H]1CCCC[C@@H]1O.C[C@H]1CC[C@H](C(C)(C)c2ccccc2)[C@@H](O)C1. The van der Waals surface area contributed by atoms with Crippen LogP contribution in [0.4, 0.5) is 0 Å². The van der Waals surface area contributed by atoms with Crippen molar-refractivity contribution in [2.24, 2.45) is 17.8 Å². The summed E-state index contributed by atoms with van der Waals surface area (Å²) in [5.74, 6) is 1.47. The third kappa shape index (κ3) is 6.28. The first-order valence-electron chi connectivity index (χ1n) is 13.1. The maximum Gasteiger partial charge on any atom is 0.0579 e. The lowest BCUT2D eigenvalue weighted by Crippen LogP contribution is -2.41. The molecule has 182 valence electrons. The van der Waals surface area contributed by atoms with Gasteiger partial charge in [0.25, 0.3) is 0 Å². The molecule has 2 N–H and O–H groups in total. The van der Waals surface area contributed by atoms with E-state index in [1.54, 1.807) is 0 Å². The molecule has 0 radical (unpaired) electrons. The zero-order valence-electron chi connectivity index (χ0n) is 21.5. The van der Waals surface area contributed by atoms with Crippen LogP contribution in [0.25, 0.3) is 0 Å². The van der Waals surface area contributed by atoms with Crippen LogP contribution < -0.4 is 0 Å². The predicted molar refractivity (Wildman–Crippen MR) is 139 cm³/mol. The highest BCUT2D eigenvalue weighted by molar-refractivity contribution is 5.26. The minimum absolute atomic E-state index is 0.0703. The van der Waals surface area contributed by atoms with Crippen molar-refractivity contribution < 1.29 is 10.2 Å². The van der Waals surface area contributed by atoms with E-state index in [4.69, 9.17) is 0 Å². The van der Waals surface area contributed by atoms with E-state index in [9.17, 15) is 10.2 Å². The van der Waals surface area contributed by atoms with Gasteiger partial charge in [0.15, 0.2) is 0 Å². The summed E-state index contributed by atoms with van der Waals surface area (Å²) in [6.45, 7) is 11.3. The molecular weight excluding hydrogens is 404 g/mol. The van der Waals surface area contributed by atoms with Crippen molar-refractivity contribution >= 4 is 0 Å². The second-order valence-electron chi connectivity index (χ2n) is 11.7. The molecule has 4 rings (SSSR count). The van der Waals surface area contributed by atoms with Gasteiger partial charge < -0.3 is 10.2 Å². The van der Waals surface area contributed by atoms with E-state index in [1.165, 1.54) is 30.4 Å². The Morgan fingerprint density at radius 3 is 1.52 bits per heavy atom. The molecule has 0 aliphatic heterocycles. The fourth-order valence-electron chi connectivity index (χ4n) is 6.31. The Hall–Kier alpha value is -1.64. The van der Waals surface area contributed by atoms with Gasteiger partial charge in [-0.25, -0.2) is 0 Å². The predicted octanol–water partition coefficient (Wildman–Crippen LogP) is 7.28. The molecule has 0 aromatic heterocycles. The van der Waals surface area contributed by atoms with Gasteiger partial charge in [0.2, 0.25) is 0 Å². The first kappa shape index (κ1) is 26.0. The molecule has 2 heteroatoms. The lowest BCUT2D eigenvalue weighted by molar-refractivity contribution is 0.0143. The van der Waals surface area contributed by atoms with Crippen molar-refractivity contribution in [3.8, 4) is 0 Å². The van der Waals surface area contributed by atoms with Gasteiger partial charge in [0.1, 0.15) is 0 Å². The van der Waals surface area contributed by atoms with E-state index in [0.717, 1.165) is 25.7 Å². The molecule has 0 spiro atoms. The molecule has 2 nitrogen and oxygen atoms in total. The van der Waals surface area contributed by atoms with Crippen LogP contribution in [-0.4, -0.2) is 22.4 Å². The summed E-state index contributed by atoms with van der Waals surface area (Å²) >= 11 is 0. The van der Waals surface area contributed by atoms with Crippen LogP contribution in [0, 0.1) is 17.8 Å². The summed E-state index contributed by atoms with van der Waals surface area (Å²) in [7, 11) is 0. The molecule has 2 fully saturated rings. The van der Waals surface area contributed by atoms with Crippen LogP contribution in [0.1, 0.15) is 90.7 Å². The summed E-state index contributed by atoms with van der Waals surface area (Å²) in [4.78, 5) is 0. The van der Waals surface area contributed by atoms with Crippen LogP contribution in [0.2, 0.25) is 0 Å². The van der Waals surface area contributed by atoms with Crippen LogP contribution in [0.3, 0.4) is 0 Å². The molecule has 33 heavy (non-hydrogen) atoms. The number of hydrogen-bond acceptors (Lipinski definition) is 2. The van der Waals surface area contributed by atoms with Crippen molar-refractivity contribution in [2.75, 3.05) is 0 Å². The lowest BCUT2D eigenvalue weighted by Gasteiger charge is -2.42. The van der Waals surface area contributed by atoms with Crippen LogP contribution in [-0.2, 0) is 10.8 Å². The van der Waals surface area contributed by atoms with Crippen LogP contribution >= 0.6 is 0 Å². The second-order valence-corrected chi connectivity index (χ2v) is 11.7. The molecular formula is C31H46O2. The standard InChI is InChI=1S/C16H24O.C15H22O/c1-12-9-10-14(15(17)11-12)16(2,3)13-7-5-4-6-8-13;1-15(2,12-8-4-3-5-9-12)13-10-6-7-11-14(13)16/h4-8,12,14-15,17H,9-11H2,1-3H3;3-5,8-9,13-14,16H,6-7,10-11H2,1-2H3/t12-,14-,15-;13-,14-/m00/s1. The first-order chi connectivity index (χ1) is 15.6. The zero-order valence-corrected chi connectivity index (χ0v) is 21.5. The third-order valence-electron chi connectivity index (χ3n) is 8.70. The molecule has 2 aromatic carbocycles. The first-order valence-corrected chi connectivity index (χ1v) is 13.1. The van der Waals surface area contributed by atoms with E-state index in [1.807, 2.05) is 0 Å². The average Bonchev–Trinajstić information content (AvgIpc) is 2.80. The largest absolute Gasteiger partial charge is 0.393 e. The minimum Gasteiger partial charge on any atom is -0.393 e. The van der Waals surface area contributed by atoms with Gasteiger partial charge in [-0.3, -0.25) is 0 Å². The summed E-state index contributed by atoms with van der Waals surface area (Å²) in [5.41, 5.74) is 2.85. The molecule has 0 bridgehead atoms. The van der Waals surface area contributed by atoms with Gasteiger partial charge in [-0.2, -0.15) is 0 Å². The van der Waals surface area contributed by atoms with Gasteiger partial charge in [0.05, 0.1) is 12.2 Å². The Morgan fingerprint density at radius 2 is 1.06 bits per heavy atom. The highest BCUT2D eigenvalue weighted by Gasteiger charge is 2.39. The van der Waals surface area contributed by atoms with Crippen molar-refractivity contribution in [1.82, 2.24) is 0 Å². The van der Waals surface area contributed by atoms with Crippen molar-refractivity contribution in [2.45, 2.75) is 103 Å². The fraction of sp³-hybridized carbons (Fsp3) is 0.613. The van der Waals surface area contributed by atoms with Gasteiger partial charge in [0, 0.05) is 0 Å². The summed E-state index contributed by atoms with van der Waals surface area (Å²) in [5, 5.41) is 20.5. The highest BCUT2D eigenvalue weighted by atomic mass is 16.3. The molecule has 2 aromatic rings. The monoisotopic (exact) mass is 450 g/mol. The van der Waals surface area contributed by atoms with E-state index < -0.39 is 0 Å². The molecule has 2 saturated carbocycles. The highest BCUT2D eigenvalue weighted by Crippen LogP contribution is 2.42. The van der Waals surface area contributed by atoms with Crippen LogP contribution in [0.5, 0.6) is 0 Å². The Labute approximate surface area is 202 Å². The lowest BCUT2D eigenvalue weighted by atomic mass is 9.64. The number of hydrogen-bond donors (Lipinski definition) is 2. The van der Waals surface area contributed by atoms with Gasteiger partial charge in [-0.15, -0.1) is 0 Å². The third-order valence-corrected chi connectivity index (χ3v) is 8.70. The number of aliphatic hydroxyl groups excluding tert-OH is 2.